The van der Waals surface area contributed by atoms with Crippen LogP contribution in [0.25, 0.3) is 0 Å². The Morgan fingerprint density at radius 1 is 0.872 bits per heavy atom. The van der Waals surface area contributed by atoms with E-state index in [0.29, 0.717) is 17.3 Å². The van der Waals surface area contributed by atoms with Crippen LogP contribution < -0.4 is 14.4 Å². The Bertz CT molecular complexity index is 1730. The third-order valence-electron chi connectivity index (χ3n) is 7.65. The highest BCUT2D eigenvalue weighted by Crippen LogP contribution is 2.33. The molecule has 0 unspecified atom stereocenters. The number of unbranched alkanes of at least 4 members (excludes halogenated alkanes) is 1. The minimum Gasteiger partial charge on any atom is -0.492 e. The lowest BCUT2D eigenvalue weighted by Gasteiger charge is -2.34. The lowest BCUT2D eigenvalue weighted by atomic mass is 10.0. The molecule has 0 fully saturated rings. The molecule has 0 aliphatic heterocycles. The first kappa shape index (κ1) is 35.5. The predicted octanol–water partition coefficient (Wildman–Crippen LogP) is 6.80. The summed E-state index contributed by atoms with van der Waals surface area (Å²) in [5.41, 5.74) is 2.90. The first-order chi connectivity index (χ1) is 22.6. The number of sulfonamides is 1. The summed E-state index contributed by atoms with van der Waals surface area (Å²) in [4.78, 5) is 30.0. The summed E-state index contributed by atoms with van der Waals surface area (Å²) in [7, 11) is -4.30. The fourth-order valence-electron chi connectivity index (χ4n) is 5.26. The number of para-hydroxylation sites is 2. The Morgan fingerprint density at radius 3 is 2.23 bits per heavy atom. The van der Waals surface area contributed by atoms with Gasteiger partial charge in [-0.1, -0.05) is 97.2 Å². The summed E-state index contributed by atoms with van der Waals surface area (Å²) >= 11 is 6.09. The number of rotatable bonds is 16. The van der Waals surface area contributed by atoms with Gasteiger partial charge < -0.3 is 15.0 Å². The van der Waals surface area contributed by atoms with Crippen LogP contribution >= 0.6 is 11.6 Å². The molecule has 0 radical (unpaired) electrons. The van der Waals surface area contributed by atoms with Gasteiger partial charge in [0.05, 0.1) is 17.2 Å². The van der Waals surface area contributed by atoms with Crippen molar-refractivity contribution in [1.29, 1.82) is 0 Å². The number of hydrogen-bond donors (Lipinski definition) is 1. The monoisotopic (exact) mass is 675 g/mol. The summed E-state index contributed by atoms with van der Waals surface area (Å²) in [5.74, 6) is -0.532. The fraction of sp³-hybridized carbons (Fsp3) is 0.297. The molecule has 4 rings (SSSR count). The highest BCUT2D eigenvalue weighted by atomic mass is 35.5. The van der Waals surface area contributed by atoms with E-state index in [-0.39, 0.29) is 36.1 Å². The van der Waals surface area contributed by atoms with Gasteiger partial charge in [-0.15, -0.1) is 0 Å². The molecule has 0 heterocycles. The number of nitrogens with one attached hydrogen (secondary N) is 1. The zero-order chi connectivity index (χ0) is 33.8. The topological polar surface area (TPSA) is 96.0 Å². The largest absolute Gasteiger partial charge is 0.492 e. The van der Waals surface area contributed by atoms with E-state index in [4.69, 9.17) is 16.3 Å². The molecule has 0 bridgehead atoms. The number of halogens is 1. The summed E-state index contributed by atoms with van der Waals surface area (Å²) in [6, 6.07) is 28.8. The summed E-state index contributed by atoms with van der Waals surface area (Å²) in [5, 5.41) is 3.39. The minimum atomic E-state index is -4.30. The van der Waals surface area contributed by atoms with Crippen molar-refractivity contribution in [1.82, 2.24) is 10.2 Å². The molecule has 0 aromatic heterocycles. The van der Waals surface area contributed by atoms with Gasteiger partial charge in [0.2, 0.25) is 11.8 Å². The van der Waals surface area contributed by atoms with Gasteiger partial charge in [-0.3, -0.25) is 13.9 Å². The van der Waals surface area contributed by atoms with Crippen LogP contribution in [0.1, 0.15) is 43.4 Å². The van der Waals surface area contributed by atoms with Gasteiger partial charge in [-0.05, 0) is 67.8 Å². The van der Waals surface area contributed by atoms with E-state index in [1.165, 1.54) is 29.2 Å². The average molecular weight is 676 g/mol. The number of ether oxygens (including phenoxy) is 1. The Morgan fingerprint density at radius 2 is 1.55 bits per heavy atom. The van der Waals surface area contributed by atoms with E-state index >= 15 is 0 Å². The Hall–Kier alpha value is -4.34. The molecule has 10 heteroatoms. The molecule has 8 nitrogen and oxygen atoms in total. The Kier molecular flexibility index (Phi) is 12.8. The number of benzene rings is 4. The van der Waals surface area contributed by atoms with Crippen LogP contribution in [0.15, 0.2) is 108 Å². The van der Waals surface area contributed by atoms with Gasteiger partial charge in [-0.25, -0.2) is 8.42 Å². The van der Waals surface area contributed by atoms with Gasteiger partial charge in [0, 0.05) is 24.5 Å². The number of amides is 2. The van der Waals surface area contributed by atoms with E-state index in [1.807, 2.05) is 68.4 Å². The quantitative estimate of drug-likeness (QED) is 0.132. The van der Waals surface area contributed by atoms with E-state index < -0.39 is 28.5 Å². The number of nitrogens with zero attached hydrogens (tertiary/aromatic N) is 2. The molecule has 0 saturated carbocycles. The summed E-state index contributed by atoms with van der Waals surface area (Å²) in [6.45, 7) is 6.07. The minimum absolute atomic E-state index is 0.0376. The van der Waals surface area contributed by atoms with Crippen molar-refractivity contribution >= 4 is 39.1 Å². The van der Waals surface area contributed by atoms with Gasteiger partial charge in [0.15, 0.2) is 0 Å². The zero-order valence-corrected chi connectivity index (χ0v) is 28.6. The molecule has 4 aromatic carbocycles. The Balaban J connectivity index is 1.83. The fourth-order valence-corrected chi connectivity index (χ4v) is 6.81. The molecular formula is C37H42ClN3O5S. The number of carbonyl (C=O) groups excluding carboxylic acids is 2. The number of hydrogen-bond acceptors (Lipinski definition) is 5. The second kappa shape index (κ2) is 17.0. The normalized spacial score (nSPS) is 11.8. The van der Waals surface area contributed by atoms with Crippen LogP contribution in [0.5, 0.6) is 5.75 Å². The lowest BCUT2D eigenvalue weighted by Crippen LogP contribution is -2.53. The molecule has 0 aliphatic carbocycles. The number of carbonyl (C=O) groups is 2. The molecule has 1 N–H and O–H groups in total. The maximum Gasteiger partial charge on any atom is 0.264 e. The van der Waals surface area contributed by atoms with E-state index in [2.05, 4.69) is 5.32 Å². The van der Waals surface area contributed by atoms with Crippen LogP contribution in [0.3, 0.4) is 0 Å². The molecule has 248 valence electrons. The standard InChI is InChI=1S/C37H42ClN3O5S/c1-4-6-23-39-37(43)34(25-29-14-8-7-9-15-29)40(26-30-16-12-13-28(3)24-30)36(42)27-41(33-17-10-11-18-35(33)46-5-2)47(44,45)32-21-19-31(38)20-22-32/h7-22,24,34H,4-6,23,25-27H2,1-3H3,(H,39,43)/t34-/m1/s1. The van der Waals surface area contributed by atoms with Crippen LogP contribution in [0.4, 0.5) is 5.69 Å². The first-order valence-electron chi connectivity index (χ1n) is 15.8. The van der Waals surface area contributed by atoms with E-state index in [1.54, 1.807) is 31.2 Å². The predicted molar refractivity (Wildman–Crippen MR) is 187 cm³/mol. The lowest BCUT2D eigenvalue weighted by molar-refractivity contribution is -0.140. The SMILES string of the molecule is CCCCNC(=O)[C@@H](Cc1ccccc1)N(Cc1cccc(C)c1)C(=O)CN(c1ccccc1OCC)S(=O)(=O)c1ccc(Cl)cc1. The second-order valence-corrected chi connectivity index (χ2v) is 13.5. The third-order valence-corrected chi connectivity index (χ3v) is 9.68. The van der Waals surface area contributed by atoms with Crippen LogP contribution in [-0.2, 0) is 32.6 Å². The summed E-state index contributed by atoms with van der Waals surface area (Å²) < 4.78 is 35.5. The maximum absolute atomic E-state index is 14.7. The van der Waals surface area contributed by atoms with Crippen molar-refractivity contribution in [3.8, 4) is 5.75 Å². The smallest absolute Gasteiger partial charge is 0.264 e. The van der Waals surface area contributed by atoms with Crippen molar-refractivity contribution in [2.24, 2.45) is 0 Å². The molecule has 0 saturated heterocycles. The molecule has 47 heavy (non-hydrogen) atoms. The Labute approximate surface area is 283 Å². The third kappa shape index (κ3) is 9.59. The van der Waals surface area contributed by atoms with E-state index in [0.717, 1.165) is 33.8 Å². The number of anilines is 1. The molecule has 2 amide bonds. The van der Waals surface area contributed by atoms with E-state index in [9.17, 15) is 18.0 Å². The first-order valence-corrected chi connectivity index (χ1v) is 17.6. The van der Waals surface area contributed by atoms with Crippen LogP contribution in [0, 0.1) is 6.92 Å². The molecule has 1 atom stereocenters. The zero-order valence-electron chi connectivity index (χ0n) is 27.1. The average Bonchev–Trinajstić information content (AvgIpc) is 3.06. The molecular weight excluding hydrogens is 634 g/mol. The van der Waals surface area contributed by atoms with Crippen molar-refractivity contribution in [2.45, 2.75) is 57.5 Å². The van der Waals surface area contributed by atoms with Crippen molar-refractivity contribution in [3.63, 3.8) is 0 Å². The van der Waals surface area contributed by atoms with Crippen molar-refractivity contribution < 1.29 is 22.7 Å². The molecule has 0 aliphatic rings. The highest BCUT2D eigenvalue weighted by molar-refractivity contribution is 7.92. The molecule has 4 aromatic rings. The summed E-state index contributed by atoms with van der Waals surface area (Å²) in [6.07, 6.45) is 1.93. The molecule has 0 spiro atoms. The second-order valence-electron chi connectivity index (χ2n) is 11.2. The van der Waals surface area contributed by atoms with Gasteiger partial charge in [-0.2, -0.15) is 0 Å². The van der Waals surface area contributed by atoms with Crippen molar-refractivity contribution in [2.75, 3.05) is 24.0 Å². The van der Waals surface area contributed by atoms with Gasteiger partial charge in [0.1, 0.15) is 18.3 Å². The number of aryl methyl sites for hydroxylation is 1. The highest BCUT2D eigenvalue weighted by Gasteiger charge is 2.35. The van der Waals surface area contributed by atoms with Crippen LogP contribution in [0.2, 0.25) is 5.02 Å². The van der Waals surface area contributed by atoms with Gasteiger partial charge in [0.25, 0.3) is 10.0 Å². The van der Waals surface area contributed by atoms with Crippen LogP contribution in [-0.4, -0.2) is 50.9 Å². The van der Waals surface area contributed by atoms with Crippen molar-refractivity contribution in [3.05, 3.63) is 125 Å². The maximum atomic E-state index is 14.7. The van der Waals surface area contributed by atoms with Gasteiger partial charge >= 0.3 is 0 Å².